The van der Waals surface area contributed by atoms with E-state index in [1.165, 1.54) is 0 Å². The molecule has 5 nitrogen and oxygen atoms in total. The van der Waals surface area contributed by atoms with Crippen molar-refractivity contribution in [1.82, 2.24) is 14.9 Å². The molecule has 0 N–H and O–H groups in total. The molecule has 3 aromatic rings. The molecule has 0 unspecified atom stereocenters. The first-order valence-corrected chi connectivity index (χ1v) is 10.2. The molecule has 1 fully saturated rings. The van der Waals surface area contributed by atoms with Crippen LogP contribution in [0.3, 0.4) is 0 Å². The smallest absolute Gasteiger partial charge is 0.233 e. The van der Waals surface area contributed by atoms with Crippen LogP contribution in [0.5, 0.6) is 0 Å². The Morgan fingerprint density at radius 1 is 1.19 bits per heavy atom. The zero-order chi connectivity index (χ0) is 18.5. The number of rotatable bonds is 8. The number of nitrogens with zero attached hydrogens (tertiary/aromatic N) is 3. The van der Waals surface area contributed by atoms with E-state index in [9.17, 15) is 4.79 Å². The maximum Gasteiger partial charge on any atom is 0.233 e. The van der Waals surface area contributed by atoms with E-state index in [0.29, 0.717) is 30.0 Å². The number of aromatic nitrogens is 2. The van der Waals surface area contributed by atoms with Crippen molar-refractivity contribution >= 4 is 17.7 Å². The van der Waals surface area contributed by atoms with Crippen molar-refractivity contribution < 1.29 is 9.21 Å². The van der Waals surface area contributed by atoms with Crippen LogP contribution in [0.2, 0.25) is 0 Å². The molecule has 0 spiro atoms. The number of hydrogen-bond acceptors (Lipinski definition) is 5. The van der Waals surface area contributed by atoms with Crippen LogP contribution in [-0.4, -0.2) is 32.6 Å². The van der Waals surface area contributed by atoms with Gasteiger partial charge < -0.3 is 9.32 Å². The molecule has 0 atom stereocenters. The molecule has 138 valence electrons. The van der Waals surface area contributed by atoms with Crippen LogP contribution < -0.4 is 0 Å². The van der Waals surface area contributed by atoms with E-state index in [1.54, 1.807) is 24.2 Å². The van der Waals surface area contributed by atoms with Gasteiger partial charge in [-0.1, -0.05) is 24.3 Å². The van der Waals surface area contributed by atoms with Crippen LogP contribution in [0.25, 0.3) is 11.5 Å². The first-order chi connectivity index (χ1) is 13.3. The highest BCUT2D eigenvalue weighted by Gasteiger charge is 2.32. The summed E-state index contributed by atoms with van der Waals surface area (Å²) in [5.74, 6) is 1.91. The minimum atomic E-state index is 0.179. The summed E-state index contributed by atoms with van der Waals surface area (Å²) in [6, 6.07) is 14.1. The minimum Gasteiger partial charge on any atom is -0.444 e. The lowest BCUT2D eigenvalue weighted by atomic mass is 10.2. The molecule has 1 aromatic carbocycles. The van der Waals surface area contributed by atoms with Crippen LogP contribution in [0.15, 0.2) is 65.5 Å². The third-order valence-electron chi connectivity index (χ3n) is 4.43. The maximum absolute atomic E-state index is 12.7. The van der Waals surface area contributed by atoms with Crippen molar-refractivity contribution in [3.8, 4) is 11.5 Å². The molecule has 1 amide bonds. The summed E-state index contributed by atoms with van der Waals surface area (Å²) in [6.45, 7) is 0.639. The number of carbonyl (C=O) groups excluding carboxylic acids is 1. The Morgan fingerprint density at radius 3 is 2.78 bits per heavy atom. The van der Waals surface area contributed by atoms with E-state index in [1.807, 2.05) is 53.6 Å². The zero-order valence-corrected chi connectivity index (χ0v) is 15.8. The second-order valence-electron chi connectivity index (χ2n) is 6.62. The molecule has 6 heteroatoms. The summed E-state index contributed by atoms with van der Waals surface area (Å²) >= 11 is 1.58. The van der Waals surface area contributed by atoms with Crippen molar-refractivity contribution in [2.45, 2.75) is 31.2 Å². The molecule has 1 aliphatic rings. The Morgan fingerprint density at radius 2 is 2.04 bits per heavy atom. The lowest BCUT2D eigenvalue weighted by Gasteiger charge is -2.22. The van der Waals surface area contributed by atoms with Crippen LogP contribution >= 0.6 is 11.8 Å². The highest BCUT2D eigenvalue weighted by atomic mass is 32.2. The molecule has 0 radical (unpaired) electrons. The Balaban J connectivity index is 1.30. The van der Waals surface area contributed by atoms with E-state index >= 15 is 0 Å². The molecule has 0 saturated heterocycles. The van der Waals surface area contributed by atoms with Crippen molar-refractivity contribution in [2.24, 2.45) is 0 Å². The molecule has 4 rings (SSSR count). The number of carbonyl (C=O) groups is 1. The van der Waals surface area contributed by atoms with Crippen LogP contribution in [-0.2, 0) is 17.1 Å². The first-order valence-electron chi connectivity index (χ1n) is 9.05. The van der Waals surface area contributed by atoms with Crippen molar-refractivity contribution in [2.75, 3.05) is 5.75 Å². The summed E-state index contributed by atoms with van der Waals surface area (Å²) in [6.07, 6.45) is 7.45. The second kappa shape index (κ2) is 8.39. The molecule has 2 heterocycles. The monoisotopic (exact) mass is 379 g/mol. The fourth-order valence-electron chi connectivity index (χ4n) is 2.91. The Kier molecular flexibility index (Phi) is 5.53. The molecule has 1 saturated carbocycles. The van der Waals surface area contributed by atoms with Gasteiger partial charge in [0.15, 0.2) is 0 Å². The van der Waals surface area contributed by atoms with Crippen LogP contribution in [0.4, 0.5) is 0 Å². The molecule has 0 aliphatic heterocycles. The lowest BCUT2D eigenvalue weighted by Crippen LogP contribution is -2.34. The van der Waals surface area contributed by atoms with E-state index in [2.05, 4.69) is 9.97 Å². The SMILES string of the molecule is O=C(CSCc1coc(-c2ccccc2)n1)N(Cc1cccnc1)C1CC1. The van der Waals surface area contributed by atoms with Gasteiger partial charge in [0, 0.05) is 36.3 Å². The number of thioether (sulfide) groups is 1. The van der Waals surface area contributed by atoms with Gasteiger partial charge in [0.05, 0.1) is 11.4 Å². The van der Waals surface area contributed by atoms with Gasteiger partial charge in [0.25, 0.3) is 0 Å². The highest BCUT2D eigenvalue weighted by molar-refractivity contribution is 7.99. The molecule has 0 bridgehead atoms. The van der Waals surface area contributed by atoms with Crippen molar-refractivity contribution in [3.05, 3.63) is 72.4 Å². The quantitative estimate of drug-likeness (QED) is 0.588. The summed E-state index contributed by atoms with van der Waals surface area (Å²) in [4.78, 5) is 23.3. The summed E-state index contributed by atoms with van der Waals surface area (Å²) in [5, 5.41) is 0. The lowest BCUT2D eigenvalue weighted by molar-refractivity contribution is -0.129. The fraction of sp³-hybridized carbons (Fsp3) is 0.286. The van der Waals surface area contributed by atoms with Gasteiger partial charge in [-0.15, -0.1) is 11.8 Å². The molecule has 2 aromatic heterocycles. The molecular weight excluding hydrogens is 358 g/mol. The number of oxazole rings is 1. The van der Waals surface area contributed by atoms with Gasteiger partial charge >= 0.3 is 0 Å². The normalized spacial score (nSPS) is 13.5. The van der Waals surface area contributed by atoms with Crippen LogP contribution in [0.1, 0.15) is 24.1 Å². The number of pyridine rings is 1. The van der Waals surface area contributed by atoms with Gasteiger partial charge in [-0.2, -0.15) is 0 Å². The number of hydrogen-bond donors (Lipinski definition) is 0. The Hall–Kier alpha value is -2.60. The largest absolute Gasteiger partial charge is 0.444 e. The number of benzene rings is 1. The predicted octanol–water partition coefficient (Wildman–Crippen LogP) is 4.16. The summed E-state index contributed by atoms with van der Waals surface area (Å²) < 4.78 is 5.56. The van der Waals surface area contributed by atoms with Crippen LogP contribution in [0, 0.1) is 0 Å². The summed E-state index contributed by atoms with van der Waals surface area (Å²) in [7, 11) is 0. The maximum atomic E-state index is 12.7. The third kappa shape index (κ3) is 4.77. The highest BCUT2D eigenvalue weighted by Crippen LogP contribution is 2.29. The first kappa shape index (κ1) is 17.8. The minimum absolute atomic E-state index is 0.179. The van der Waals surface area contributed by atoms with Gasteiger partial charge in [0.2, 0.25) is 11.8 Å². The predicted molar refractivity (Wildman–Crippen MR) is 106 cm³/mol. The third-order valence-corrected chi connectivity index (χ3v) is 5.38. The average Bonchev–Trinajstić information content (AvgIpc) is 3.45. The Bertz CT molecular complexity index is 879. The fourth-order valence-corrected chi connectivity index (χ4v) is 3.69. The zero-order valence-electron chi connectivity index (χ0n) is 15.0. The van der Waals surface area contributed by atoms with E-state index in [4.69, 9.17) is 4.42 Å². The standard InChI is InChI=1S/C21H21N3O2S/c25-20(24(19-8-9-19)12-16-5-4-10-22-11-16)15-27-14-18-13-26-21(23-18)17-6-2-1-3-7-17/h1-7,10-11,13,19H,8-9,12,14-15H2. The van der Waals surface area contributed by atoms with Gasteiger partial charge in [-0.25, -0.2) is 4.98 Å². The summed E-state index contributed by atoms with van der Waals surface area (Å²) in [5.41, 5.74) is 2.89. The topological polar surface area (TPSA) is 59.2 Å². The molecular formula is C21H21N3O2S. The van der Waals surface area contributed by atoms with Gasteiger partial charge in [-0.3, -0.25) is 9.78 Å². The van der Waals surface area contributed by atoms with E-state index < -0.39 is 0 Å². The van der Waals surface area contributed by atoms with E-state index in [0.717, 1.165) is 29.7 Å². The van der Waals surface area contributed by atoms with Crippen molar-refractivity contribution in [3.63, 3.8) is 0 Å². The molecule has 27 heavy (non-hydrogen) atoms. The van der Waals surface area contributed by atoms with Gasteiger partial charge in [-0.05, 0) is 36.6 Å². The average molecular weight is 379 g/mol. The second-order valence-corrected chi connectivity index (χ2v) is 7.60. The van der Waals surface area contributed by atoms with Crippen molar-refractivity contribution in [1.29, 1.82) is 0 Å². The van der Waals surface area contributed by atoms with Gasteiger partial charge in [0.1, 0.15) is 6.26 Å². The van der Waals surface area contributed by atoms with E-state index in [-0.39, 0.29) is 5.91 Å². The molecule has 1 aliphatic carbocycles. The number of amides is 1. The Labute approximate surface area is 162 Å².